The van der Waals surface area contributed by atoms with E-state index >= 15 is 0 Å². The smallest absolute Gasteiger partial charge is 0.230 e. The molecular weight excluding hydrogens is 313 g/mol. The van der Waals surface area contributed by atoms with Crippen LogP contribution in [0.4, 0.5) is 8.78 Å². The van der Waals surface area contributed by atoms with Crippen molar-refractivity contribution in [2.75, 3.05) is 0 Å². The lowest BCUT2D eigenvalue weighted by atomic mass is 10.2. The molecule has 0 amide bonds. The quantitative estimate of drug-likeness (QED) is 0.768. The first kappa shape index (κ1) is 12.5. The van der Waals surface area contributed by atoms with Crippen LogP contribution >= 0.6 is 27.5 Å². The molecule has 2 nitrogen and oxygen atoms in total. The molecule has 0 atom stereocenters. The van der Waals surface area contributed by atoms with Gasteiger partial charge in [-0.1, -0.05) is 39.7 Å². The van der Waals surface area contributed by atoms with E-state index in [1.807, 2.05) is 0 Å². The molecule has 0 unspecified atom stereocenters. The molecule has 0 aliphatic heterocycles. The Kier molecular flexibility index (Phi) is 3.79. The summed E-state index contributed by atoms with van der Waals surface area (Å²) >= 11 is 9.13. The Bertz CT molecular complexity index is 528. The minimum absolute atomic E-state index is 0.130. The predicted molar refractivity (Wildman–Crippen MR) is 66.2 cm³/mol. The monoisotopic (exact) mass is 320 g/mol. The van der Waals surface area contributed by atoms with Crippen LogP contribution < -0.4 is 0 Å². The van der Waals surface area contributed by atoms with Crippen molar-refractivity contribution in [2.45, 2.75) is 11.8 Å². The topological polar surface area (TPSA) is 17.8 Å². The second-order valence-corrected chi connectivity index (χ2v) is 4.32. The van der Waals surface area contributed by atoms with Gasteiger partial charge in [-0.2, -0.15) is 5.10 Å². The Morgan fingerprint density at radius 1 is 1.35 bits per heavy atom. The van der Waals surface area contributed by atoms with Crippen molar-refractivity contribution in [3.63, 3.8) is 0 Å². The van der Waals surface area contributed by atoms with Crippen molar-refractivity contribution in [2.24, 2.45) is 0 Å². The molecule has 2 rings (SSSR count). The number of halogens is 4. The minimum atomic E-state index is -2.60. The Hall–Kier alpha value is -0.940. The van der Waals surface area contributed by atoms with E-state index in [9.17, 15) is 8.78 Å². The molecule has 0 aliphatic carbocycles. The normalized spacial score (nSPS) is 11.1. The van der Waals surface area contributed by atoms with Crippen LogP contribution in [-0.4, -0.2) is 9.78 Å². The second-order valence-electron chi connectivity index (χ2n) is 3.35. The summed E-state index contributed by atoms with van der Waals surface area (Å²) in [4.78, 5) is 0. The van der Waals surface area contributed by atoms with Crippen molar-refractivity contribution in [3.05, 3.63) is 46.7 Å². The molecular formula is C11H8BrClF2N2. The number of hydrogen-bond acceptors (Lipinski definition) is 1. The van der Waals surface area contributed by atoms with Gasteiger partial charge in [-0.15, -0.1) is 0 Å². The maximum absolute atomic E-state index is 13.0. The van der Waals surface area contributed by atoms with Gasteiger partial charge >= 0.3 is 0 Å². The van der Waals surface area contributed by atoms with Crippen LogP contribution in [0.25, 0.3) is 5.69 Å². The Morgan fingerprint density at radius 3 is 2.65 bits per heavy atom. The van der Waals surface area contributed by atoms with Crippen molar-refractivity contribution in [3.8, 4) is 5.69 Å². The summed E-state index contributed by atoms with van der Waals surface area (Å²) < 4.78 is 27.2. The van der Waals surface area contributed by atoms with Crippen LogP contribution in [0.1, 0.15) is 17.7 Å². The lowest BCUT2D eigenvalue weighted by Gasteiger charge is -2.09. The zero-order chi connectivity index (χ0) is 12.4. The van der Waals surface area contributed by atoms with Gasteiger partial charge in [0.1, 0.15) is 5.69 Å². The molecule has 6 heteroatoms. The van der Waals surface area contributed by atoms with Gasteiger partial charge in [0.05, 0.1) is 16.9 Å². The lowest BCUT2D eigenvalue weighted by Crippen LogP contribution is -2.04. The molecule has 0 bridgehead atoms. The van der Waals surface area contributed by atoms with E-state index in [1.165, 1.54) is 10.9 Å². The Balaban J connectivity index is 2.60. The highest BCUT2D eigenvalue weighted by atomic mass is 79.9. The summed E-state index contributed by atoms with van der Waals surface area (Å²) in [5.74, 6) is 0. The fourth-order valence-electron chi connectivity index (χ4n) is 1.54. The molecule has 0 aliphatic rings. The third-order valence-electron chi connectivity index (χ3n) is 2.32. The maximum atomic E-state index is 13.0. The average Bonchev–Trinajstić information content (AvgIpc) is 2.73. The van der Waals surface area contributed by atoms with Crippen LogP contribution in [0.2, 0.25) is 5.02 Å². The molecule has 1 aromatic carbocycles. The van der Waals surface area contributed by atoms with Crippen molar-refractivity contribution < 1.29 is 8.78 Å². The summed E-state index contributed by atoms with van der Waals surface area (Å²) in [6.07, 6.45) is -1.18. The van der Waals surface area contributed by atoms with Crippen LogP contribution in [-0.2, 0) is 5.33 Å². The lowest BCUT2D eigenvalue weighted by molar-refractivity contribution is 0.142. The number of para-hydroxylation sites is 1. The molecule has 0 saturated heterocycles. The molecule has 1 heterocycles. The molecule has 2 aromatic rings. The third-order valence-corrected chi connectivity index (χ3v) is 3.24. The van der Waals surface area contributed by atoms with E-state index in [-0.39, 0.29) is 5.69 Å². The van der Waals surface area contributed by atoms with Crippen LogP contribution in [0.5, 0.6) is 0 Å². The molecule has 0 radical (unpaired) electrons. The minimum Gasteiger partial charge on any atom is -0.230 e. The molecule has 0 N–H and O–H groups in total. The number of nitrogens with zero attached hydrogens (tertiary/aromatic N) is 2. The van der Waals surface area contributed by atoms with Gasteiger partial charge < -0.3 is 0 Å². The fourth-order valence-corrected chi connectivity index (χ4v) is 2.19. The number of rotatable bonds is 3. The van der Waals surface area contributed by atoms with Gasteiger partial charge in [-0.3, -0.25) is 0 Å². The van der Waals surface area contributed by atoms with Crippen LogP contribution in [0.3, 0.4) is 0 Å². The number of hydrogen-bond donors (Lipinski definition) is 0. The maximum Gasteiger partial charge on any atom is 0.280 e. The molecule has 0 fully saturated rings. The van der Waals surface area contributed by atoms with Gasteiger partial charge in [-0.05, 0) is 12.1 Å². The zero-order valence-electron chi connectivity index (χ0n) is 8.58. The van der Waals surface area contributed by atoms with Crippen LogP contribution in [0, 0.1) is 0 Å². The third kappa shape index (κ3) is 2.35. The Labute approximate surface area is 110 Å². The van der Waals surface area contributed by atoms with Crippen molar-refractivity contribution in [1.82, 2.24) is 9.78 Å². The standard InChI is InChI=1S/C11H8BrClF2N2/c12-5-7-6-16-17(10(7)11(14)15)9-4-2-1-3-8(9)13/h1-4,6,11H,5H2. The summed E-state index contributed by atoms with van der Waals surface area (Å²) in [6, 6.07) is 6.76. The highest BCUT2D eigenvalue weighted by molar-refractivity contribution is 9.08. The summed E-state index contributed by atoms with van der Waals surface area (Å²) in [6.45, 7) is 0. The van der Waals surface area contributed by atoms with E-state index in [0.717, 1.165) is 0 Å². The first-order valence-electron chi connectivity index (χ1n) is 4.81. The molecule has 90 valence electrons. The van der Waals surface area contributed by atoms with E-state index in [2.05, 4.69) is 21.0 Å². The second kappa shape index (κ2) is 5.14. The average molecular weight is 322 g/mol. The summed E-state index contributed by atoms with van der Waals surface area (Å²) in [7, 11) is 0. The molecule has 17 heavy (non-hydrogen) atoms. The van der Waals surface area contributed by atoms with Crippen molar-refractivity contribution >= 4 is 27.5 Å². The van der Waals surface area contributed by atoms with Crippen molar-refractivity contribution in [1.29, 1.82) is 0 Å². The van der Waals surface area contributed by atoms with E-state index in [1.54, 1.807) is 24.3 Å². The molecule has 1 aromatic heterocycles. The highest BCUT2D eigenvalue weighted by Crippen LogP contribution is 2.29. The SMILES string of the molecule is FC(F)c1c(CBr)cnn1-c1ccccc1Cl. The molecule has 0 saturated carbocycles. The summed E-state index contributed by atoms with van der Waals surface area (Å²) in [5, 5.41) is 4.68. The van der Waals surface area contributed by atoms with Gasteiger partial charge in [-0.25, -0.2) is 13.5 Å². The zero-order valence-corrected chi connectivity index (χ0v) is 10.9. The number of aromatic nitrogens is 2. The van der Waals surface area contributed by atoms with Gasteiger partial charge in [0.25, 0.3) is 6.43 Å². The fraction of sp³-hybridized carbons (Fsp3) is 0.182. The largest absolute Gasteiger partial charge is 0.280 e. The predicted octanol–water partition coefficient (Wildman–Crippen LogP) is 4.36. The Morgan fingerprint density at radius 2 is 2.06 bits per heavy atom. The van der Waals surface area contributed by atoms with E-state index < -0.39 is 6.43 Å². The molecule has 0 spiro atoms. The van der Waals surface area contributed by atoms with Gasteiger partial charge in [0, 0.05) is 10.9 Å². The number of benzene rings is 1. The first-order chi connectivity index (χ1) is 8.15. The van der Waals surface area contributed by atoms with Crippen LogP contribution in [0.15, 0.2) is 30.5 Å². The highest BCUT2D eigenvalue weighted by Gasteiger charge is 2.21. The van der Waals surface area contributed by atoms with Gasteiger partial charge in [0.2, 0.25) is 0 Å². The van der Waals surface area contributed by atoms with E-state index in [0.29, 0.717) is 21.6 Å². The summed E-state index contributed by atoms with van der Waals surface area (Å²) in [5.41, 5.74) is 0.784. The first-order valence-corrected chi connectivity index (χ1v) is 6.31. The number of alkyl halides is 3. The van der Waals surface area contributed by atoms with E-state index in [4.69, 9.17) is 11.6 Å². The van der Waals surface area contributed by atoms with Gasteiger partial charge in [0.15, 0.2) is 0 Å².